The van der Waals surface area contributed by atoms with E-state index < -0.39 is 0 Å². The molecule has 1 heterocycles. The summed E-state index contributed by atoms with van der Waals surface area (Å²) in [4.78, 5) is 16.9. The fraction of sp³-hybridized carbons (Fsp3) is 0.238. The number of carbonyl (C=O) groups excluding carboxylic acids is 1. The molecule has 3 aromatic rings. The summed E-state index contributed by atoms with van der Waals surface area (Å²) in [6.45, 7) is 6.28. The van der Waals surface area contributed by atoms with Crippen molar-refractivity contribution in [1.29, 1.82) is 0 Å². The second-order valence-corrected chi connectivity index (χ2v) is 8.46. The second kappa shape index (κ2) is 8.51. The number of hydrogen-bond acceptors (Lipinski definition) is 3. The summed E-state index contributed by atoms with van der Waals surface area (Å²) in [6.07, 6.45) is 0.385. The molecule has 0 atom stereocenters. The molecule has 0 aliphatic carbocycles. The van der Waals surface area contributed by atoms with E-state index in [4.69, 9.17) is 28.2 Å². The highest BCUT2D eigenvalue weighted by Gasteiger charge is 2.09. The fourth-order valence-corrected chi connectivity index (χ4v) is 4.14. The molecule has 0 bridgehead atoms. The molecule has 2 aromatic carbocycles. The molecule has 1 amide bonds. The van der Waals surface area contributed by atoms with Gasteiger partial charge in [-0.3, -0.25) is 4.79 Å². The minimum Gasteiger partial charge on any atom is -0.326 e. The molecule has 0 aliphatic rings. The summed E-state index contributed by atoms with van der Waals surface area (Å²) in [6, 6.07) is 11.5. The van der Waals surface area contributed by atoms with Gasteiger partial charge in [0.15, 0.2) is 0 Å². The largest absolute Gasteiger partial charge is 0.326 e. The standard InChI is InChI=1S/C21H20Cl2N2OS/c1-12-8-14(3)21-16(9-12)13(2)10-20(25-21)27-7-6-19(26)24-15-4-5-17(22)18(23)11-15/h4-5,8-11H,6-7H2,1-3H3,(H,24,26). The van der Waals surface area contributed by atoms with E-state index in [1.54, 1.807) is 30.0 Å². The fourth-order valence-electron chi connectivity index (χ4n) is 2.93. The first-order chi connectivity index (χ1) is 12.8. The van der Waals surface area contributed by atoms with Crippen molar-refractivity contribution in [3.05, 3.63) is 63.1 Å². The summed E-state index contributed by atoms with van der Waals surface area (Å²) in [7, 11) is 0. The van der Waals surface area contributed by atoms with Gasteiger partial charge in [0.05, 0.1) is 20.6 Å². The van der Waals surface area contributed by atoms with Gasteiger partial charge in [0, 0.05) is 23.2 Å². The molecule has 0 unspecified atom stereocenters. The lowest BCUT2D eigenvalue weighted by atomic mass is 10.0. The average Bonchev–Trinajstić information content (AvgIpc) is 2.59. The molecule has 3 nitrogen and oxygen atoms in total. The molecule has 27 heavy (non-hydrogen) atoms. The Labute approximate surface area is 173 Å². The molecule has 1 N–H and O–H groups in total. The van der Waals surface area contributed by atoms with Crippen LogP contribution in [0.1, 0.15) is 23.1 Å². The van der Waals surface area contributed by atoms with Crippen molar-refractivity contribution < 1.29 is 4.79 Å². The van der Waals surface area contributed by atoms with Crippen LogP contribution in [-0.4, -0.2) is 16.6 Å². The second-order valence-electron chi connectivity index (χ2n) is 6.53. The van der Waals surface area contributed by atoms with Crippen LogP contribution in [0, 0.1) is 20.8 Å². The highest BCUT2D eigenvalue weighted by molar-refractivity contribution is 7.99. The van der Waals surface area contributed by atoms with Gasteiger partial charge >= 0.3 is 0 Å². The number of rotatable bonds is 5. The van der Waals surface area contributed by atoms with Crippen molar-refractivity contribution in [1.82, 2.24) is 4.98 Å². The lowest BCUT2D eigenvalue weighted by Gasteiger charge is -2.10. The molecule has 3 rings (SSSR count). The van der Waals surface area contributed by atoms with Crippen LogP contribution < -0.4 is 5.32 Å². The summed E-state index contributed by atoms with van der Waals surface area (Å²) in [5.41, 5.74) is 5.29. The highest BCUT2D eigenvalue weighted by atomic mass is 35.5. The number of aryl methyl sites for hydroxylation is 3. The smallest absolute Gasteiger partial charge is 0.225 e. The van der Waals surface area contributed by atoms with Crippen molar-refractivity contribution in [3.8, 4) is 0 Å². The van der Waals surface area contributed by atoms with Crippen LogP contribution in [0.4, 0.5) is 5.69 Å². The summed E-state index contributed by atoms with van der Waals surface area (Å²) < 4.78 is 0. The number of benzene rings is 2. The molecule has 6 heteroatoms. The van der Waals surface area contributed by atoms with Crippen molar-refractivity contribution in [2.24, 2.45) is 0 Å². The van der Waals surface area contributed by atoms with Crippen molar-refractivity contribution in [2.75, 3.05) is 11.1 Å². The lowest BCUT2D eigenvalue weighted by Crippen LogP contribution is -2.12. The Hall–Kier alpha value is -1.75. The zero-order valence-corrected chi connectivity index (χ0v) is 17.7. The molecule has 0 saturated carbocycles. The molecule has 0 spiro atoms. The van der Waals surface area contributed by atoms with Crippen molar-refractivity contribution in [2.45, 2.75) is 32.2 Å². The molecule has 0 saturated heterocycles. The van der Waals surface area contributed by atoms with Crippen molar-refractivity contribution >= 4 is 57.5 Å². The number of fused-ring (bicyclic) bond motifs is 1. The first-order valence-electron chi connectivity index (χ1n) is 8.60. The number of anilines is 1. The van der Waals surface area contributed by atoms with E-state index in [2.05, 4.69) is 44.3 Å². The Morgan fingerprint density at radius 2 is 1.81 bits per heavy atom. The Morgan fingerprint density at radius 1 is 1.04 bits per heavy atom. The quantitative estimate of drug-likeness (QED) is 0.475. The Morgan fingerprint density at radius 3 is 2.56 bits per heavy atom. The molecule has 140 valence electrons. The normalized spacial score (nSPS) is 11.0. The van der Waals surface area contributed by atoms with E-state index in [0.29, 0.717) is 27.9 Å². The highest BCUT2D eigenvalue weighted by Crippen LogP contribution is 2.28. The molecule has 0 radical (unpaired) electrons. The number of pyridine rings is 1. The Bertz CT molecular complexity index is 1020. The van der Waals surface area contributed by atoms with Gasteiger partial charge in [-0.1, -0.05) is 34.8 Å². The zero-order chi connectivity index (χ0) is 19.6. The maximum Gasteiger partial charge on any atom is 0.225 e. The van der Waals surface area contributed by atoms with Crippen molar-refractivity contribution in [3.63, 3.8) is 0 Å². The predicted octanol–water partition coefficient (Wildman–Crippen LogP) is 6.59. The molecular formula is C21H20Cl2N2OS. The number of nitrogens with zero attached hydrogens (tertiary/aromatic N) is 1. The lowest BCUT2D eigenvalue weighted by molar-refractivity contribution is -0.115. The van der Waals surface area contributed by atoms with Gasteiger partial charge in [-0.25, -0.2) is 4.98 Å². The van der Waals surface area contributed by atoms with Gasteiger partial charge in [-0.2, -0.15) is 0 Å². The van der Waals surface area contributed by atoms with Gasteiger partial charge in [0.2, 0.25) is 5.91 Å². The zero-order valence-electron chi connectivity index (χ0n) is 15.4. The molecule has 1 aromatic heterocycles. The van der Waals surface area contributed by atoms with E-state index >= 15 is 0 Å². The maximum absolute atomic E-state index is 12.1. The summed E-state index contributed by atoms with van der Waals surface area (Å²) >= 11 is 13.4. The molecule has 0 fully saturated rings. The van der Waals surface area contributed by atoms with Crippen LogP contribution in [-0.2, 0) is 4.79 Å². The maximum atomic E-state index is 12.1. The van der Waals surface area contributed by atoms with Crippen LogP contribution in [0.3, 0.4) is 0 Å². The minimum absolute atomic E-state index is 0.0646. The molecular weight excluding hydrogens is 399 g/mol. The first kappa shape index (κ1) is 20.0. The first-order valence-corrected chi connectivity index (χ1v) is 10.3. The van der Waals surface area contributed by atoms with Crippen LogP contribution in [0.5, 0.6) is 0 Å². The Kier molecular flexibility index (Phi) is 6.30. The number of thioether (sulfide) groups is 1. The van der Waals surface area contributed by atoms with Crippen LogP contribution >= 0.6 is 35.0 Å². The van der Waals surface area contributed by atoms with Gasteiger partial charge in [0.1, 0.15) is 0 Å². The molecule has 0 aliphatic heterocycles. The van der Waals surface area contributed by atoms with E-state index in [1.807, 2.05) is 0 Å². The number of hydrogen-bond donors (Lipinski definition) is 1. The van der Waals surface area contributed by atoms with Gasteiger partial charge < -0.3 is 5.32 Å². The SMILES string of the molecule is Cc1cc(C)c2nc(SCCC(=O)Nc3ccc(Cl)c(Cl)c3)cc(C)c2c1. The summed E-state index contributed by atoms with van der Waals surface area (Å²) in [5.74, 6) is 0.584. The number of aromatic nitrogens is 1. The minimum atomic E-state index is -0.0646. The monoisotopic (exact) mass is 418 g/mol. The van der Waals surface area contributed by atoms with E-state index in [-0.39, 0.29) is 5.91 Å². The number of amides is 1. The third-order valence-electron chi connectivity index (χ3n) is 4.21. The summed E-state index contributed by atoms with van der Waals surface area (Å²) in [5, 5.41) is 5.85. The predicted molar refractivity (Wildman–Crippen MR) is 116 cm³/mol. The van der Waals surface area contributed by atoms with E-state index in [9.17, 15) is 4.79 Å². The van der Waals surface area contributed by atoms with Crippen LogP contribution in [0.15, 0.2) is 41.4 Å². The number of halogens is 2. The van der Waals surface area contributed by atoms with Gasteiger partial charge in [0.25, 0.3) is 0 Å². The number of nitrogens with one attached hydrogen (secondary N) is 1. The Balaban J connectivity index is 1.63. The third kappa shape index (κ3) is 4.95. The van der Waals surface area contributed by atoms with E-state index in [0.717, 1.165) is 10.5 Å². The number of carbonyl (C=O) groups is 1. The topological polar surface area (TPSA) is 42.0 Å². The third-order valence-corrected chi connectivity index (χ3v) is 5.87. The van der Waals surface area contributed by atoms with E-state index in [1.165, 1.54) is 22.1 Å². The van der Waals surface area contributed by atoms with Crippen LogP contribution in [0.2, 0.25) is 10.0 Å². The van der Waals surface area contributed by atoms with Gasteiger partial charge in [-0.15, -0.1) is 11.8 Å². The average molecular weight is 419 g/mol. The van der Waals surface area contributed by atoms with Crippen LogP contribution in [0.25, 0.3) is 10.9 Å². The van der Waals surface area contributed by atoms with Gasteiger partial charge in [-0.05, 0) is 62.2 Å².